The Bertz CT molecular complexity index is 484. The SMILES string of the molecule is Cn1c(NCCOCCCl)nc2ccccc21. The van der Waals surface area contributed by atoms with Crippen molar-refractivity contribution in [1.29, 1.82) is 0 Å². The van der Waals surface area contributed by atoms with Crippen molar-refractivity contribution in [2.75, 3.05) is 31.0 Å². The Labute approximate surface area is 106 Å². The van der Waals surface area contributed by atoms with Crippen molar-refractivity contribution in [3.8, 4) is 0 Å². The summed E-state index contributed by atoms with van der Waals surface area (Å²) in [4.78, 5) is 4.50. The van der Waals surface area contributed by atoms with Gasteiger partial charge in [-0.1, -0.05) is 12.1 Å². The Kier molecular flexibility index (Phi) is 4.23. The first-order valence-electron chi connectivity index (χ1n) is 5.62. The number of imidazole rings is 1. The number of fused-ring (bicyclic) bond motifs is 1. The summed E-state index contributed by atoms with van der Waals surface area (Å²) in [6.45, 7) is 1.95. The van der Waals surface area contributed by atoms with Crippen LogP contribution in [0.15, 0.2) is 24.3 Å². The van der Waals surface area contributed by atoms with Gasteiger partial charge in [-0.05, 0) is 12.1 Å². The van der Waals surface area contributed by atoms with Crippen molar-refractivity contribution in [3.63, 3.8) is 0 Å². The van der Waals surface area contributed by atoms with E-state index < -0.39 is 0 Å². The molecule has 1 aromatic heterocycles. The largest absolute Gasteiger partial charge is 0.378 e. The van der Waals surface area contributed by atoms with E-state index in [0.29, 0.717) is 19.1 Å². The van der Waals surface area contributed by atoms with Crippen molar-refractivity contribution in [3.05, 3.63) is 24.3 Å². The lowest BCUT2D eigenvalue weighted by Crippen LogP contribution is -2.13. The summed E-state index contributed by atoms with van der Waals surface area (Å²) in [5.41, 5.74) is 2.12. The molecule has 0 unspecified atom stereocenters. The number of anilines is 1. The Morgan fingerprint density at radius 3 is 2.94 bits per heavy atom. The normalized spacial score (nSPS) is 10.9. The van der Waals surface area contributed by atoms with E-state index in [1.807, 2.05) is 29.8 Å². The number of hydrogen-bond acceptors (Lipinski definition) is 3. The molecule has 0 aliphatic rings. The van der Waals surface area contributed by atoms with Crippen LogP contribution >= 0.6 is 11.6 Å². The van der Waals surface area contributed by atoms with Crippen molar-refractivity contribution >= 4 is 28.6 Å². The van der Waals surface area contributed by atoms with Crippen LogP contribution in [0, 0.1) is 0 Å². The number of halogens is 1. The number of para-hydroxylation sites is 2. The number of nitrogens with zero attached hydrogens (tertiary/aromatic N) is 2. The molecule has 0 saturated heterocycles. The van der Waals surface area contributed by atoms with Gasteiger partial charge in [-0.25, -0.2) is 4.98 Å². The highest BCUT2D eigenvalue weighted by Gasteiger charge is 2.05. The highest BCUT2D eigenvalue weighted by atomic mass is 35.5. The van der Waals surface area contributed by atoms with E-state index in [1.54, 1.807) is 0 Å². The van der Waals surface area contributed by atoms with Gasteiger partial charge >= 0.3 is 0 Å². The fraction of sp³-hybridized carbons (Fsp3) is 0.417. The summed E-state index contributed by atoms with van der Waals surface area (Å²) in [6.07, 6.45) is 0. The summed E-state index contributed by atoms with van der Waals surface area (Å²) in [5, 5.41) is 3.25. The van der Waals surface area contributed by atoms with E-state index in [4.69, 9.17) is 16.3 Å². The number of nitrogens with one attached hydrogen (secondary N) is 1. The third-order valence-corrected chi connectivity index (χ3v) is 2.69. The lowest BCUT2D eigenvalue weighted by molar-refractivity contribution is 0.159. The molecule has 2 aromatic rings. The summed E-state index contributed by atoms with van der Waals surface area (Å²) in [6, 6.07) is 8.06. The van der Waals surface area contributed by atoms with E-state index >= 15 is 0 Å². The van der Waals surface area contributed by atoms with E-state index in [1.165, 1.54) is 0 Å². The van der Waals surface area contributed by atoms with E-state index in [2.05, 4.69) is 16.4 Å². The van der Waals surface area contributed by atoms with Gasteiger partial charge in [0.2, 0.25) is 5.95 Å². The number of alkyl halides is 1. The first-order valence-corrected chi connectivity index (χ1v) is 6.15. The lowest BCUT2D eigenvalue weighted by Gasteiger charge is -2.06. The predicted molar refractivity (Wildman–Crippen MR) is 70.7 cm³/mol. The van der Waals surface area contributed by atoms with Crippen LogP contribution in [0.5, 0.6) is 0 Å². The fourth-order valence-electron chi connectivity index (χ4n) is 1.70. The standard InChI is InChI=1S/C12H16ClN3O/c1-16-11-5-3-2-4-10(11)15-12(16)14-7-9-17-8-6-13/h2-5H,6-9H2,1H3,(H,14,15). The second-order valence-electron chi connectivity index (χ2n) is 3.71. The minimum absolute atomic E-state index is 0.534. The Morgan fingerprint density at radius 2 is 2.18 bits per heavy atom. The molecule has 0 saturated carbocycles. The van der Waals surface area contributed by atoms with Gasteiger partial charge in [0.05, 0.1) is 24.2 Å². The van der Waals surface area contributed by atoms with Crippen LogP contribution in [0.25, 0.3) is 11.0 Å². The van der Waals surface area contributed by atoms with E-state index in [0.717, 1.165) is 23.5 Å². The van der Waals surface area contributed by atoms with Gasteiger partial charge in [-0.2, -0.15) is 0 Å². The fourth-order valence-corrected chi connectivity index (χ4v) is 1.80. The molecule has 0 radical (unpaired) electrons. The molecule has 0 fully saturated rings. The van der Waals surface area contributed by atoms with Gasteiger partial charge in [-0.15, -0.1) is 11.6 Å². The molecular weight excluding hydrogens is 238 g/mol. The van der Waals surface area contributed by atoms with Gasteiger partial charge in [-0.3, -0.25) is 0 Å². The second kappa shape index (κ2) is 5.89. The van der Waals surface area contributed by atoms with Gasteiger partial charge in [0.15, 0.2) is 0 Å². The monoisotopic (exact) mass is 253 g/mol. The molecule has 17 heavy (non-hydrogen) atoms. The third-order valence-electron chi connectivity index (χ3n) is 2.54. The smallest absolute Gasteiger partial charge is 0.203 e. The molecule has 0 aliphatic heterocycles. The quantitative estimate of drug-likeness (QED) is 0.634. The lowest BCUT2D eigenvalue weighted by atomic mass is 10.3. The molecule has 0 atom stereocenters. The van der Waals surface area contributed by atoms with Crippen molar-refractivity contribution in [1.82, 2.24) is 9.55 Å². The van der Waals surface area contributed by atoms with Crippen LogP contribution in [0.4, 0.5) is 5.95 Å². The van der Waals surface area contributed by atoms with Crippen LogP contribution in [-0.4, -0.2) is 35.2 Å². The van der Waals surface area contributed by atoms with Crippen molar-refractivity contribution < 1.29 is 4.74 Å². The molecule has 4 nitrogen and oxygen atoms in total. The molecule has 0 bridgehead atoms. The van der Waals surface area contributed by atoms with Crippen LogP contribution in [0.2, 0.25) is 0 Å². The van der Waals surface area contributed by atoms with Crippen LogP contribution in [0.1, 0.15) is 0 Å². The van der Waals surface area contributed by atoms with Crippen molar-refractivity contribution in [2.24, 2.45) is 7.05 Å². The Morgan fingerprint density at radius 1 is 1.35 bits per heavy atom. The average Bonchev–Trinajstić information content (AvgIpc) is 2.67. The summed E-state index contributed by atoms with van der Waals surface area (Å²) in [7, 11) is 2.00. The van der Waals surface area contributed by atoms with Crippen LogP contribution in [-0.2, 0) is 11.8 Å². The molecule has 0 spiro atoms. The third kappa shape index (κ3) is 2.90. The maximum Gasteiger partial charge on any atom is 0.203 e. The van der Waals surface area contributed by atoms with E-state index in [9.17, 15) is 0 Å². The number of aromatic nitrogens is 2. The van der Waals surface area contributed by atoms with Gasteiger partial charge < -0.3 is 14.6 Å². The summed E-state index contributed by atoms with van der Waals surface area (Å²) >= 11 is 5.51. The minimum atomic E-state index is 0.534. The van der Waals surface area contributed by atoms with Crippen molar-refractivity contribution in [2.45, 2.75) is 0 Å². The maximum atomic E-state index is 5.51. The second-order valence-corrected chi connectivity index (χ2v) is 4.09. The Hall–Kier alpha value is -1.26. The van der Waals surface area contributed by atoms with Crippen LogP contribution < -0.4 is 5.32 Å². The number of benzene rings is 1. The number of hydrogen-bond donors (Lipinski definition) is 1. The first kappa shape index (κ1) is 12.2. The zero-order valence-corrected chi connectivity index (χ0v) is 10.6. The summed E-state index contributed by atoms with van der Waals surface area (Å²) in [5.74, 6) is 1.40. The Balaban J connectivity index is 1.97. The molecule has 0 aliphatic carbocycles. The number of rotatable bonds is 6. The van der Waals surface area contributed by atoms with Gasteiger partial charge in [0.1, 0.15) is 0 Å². The highest BCUT2D eigenvalue weighted by molar-refractivity contribution is 6.17. The molecule has 5 heteroatoms. The molecular formula is C12H16ClN3O. The zero-order chi connectivity index (χ0) is 12.1. The zero-order valence-electron chi connectivity index (χ0n) is 9.82. The number of ether oxygens (including phenoxy) is 1. The highest BCUT2D eigenvalue weighted by Crippen LogP contribution is 2.16. The predicted octanol–water partition coefficient (Wildman–Crippen LogP) is 2.24. The topological polar surface area (TPSA) is 39.1 Å². The van der Waals surface area contributed by atoms with E-state index in [-0.39, 0.29) is 0 Å². The van der Waals surface area contributed by atoms with Gasteiger partial charge in [0.25, 0.3) is 0 Å². The molecule has 0 amide bonds. The molecule has 1 aromatic carbocycles. The first-order chi connectivity index (χ1) is 8.33. The average molecular weight is 254 g/mol. The minimum Gasteiger partial charge on any atom is -0.378 e. The molecule has 2 rings (SSSR count). The number of aryl methyl sites for hydroxylation is 1. The van der Waals surface area contributed by atoms with Gasteiger partial charge in [0, 0.05) is 19.5 Å². The molecule has 1 heterocycles. The molecule has 92 valence electrons. The molecule has 1 N–H and O–H groups in total. The summed E-state index contributed by atoms with van der Waals surface area (Å²) < 4.78 is 7.33. The van der Waals surface area contributed by atoms with Crippen LogP contribution in [0.3, 0.4) is 0 Å². The maximum absolute atomic E-state index is 5.51.